The standard InChI is InChI=1S/C46H33N/c1-4-12-34(13-5-1)36-20-22-37(23-21-36)42-28-31-46(45(33-42)39-15-6-2-7-16-39)47(43-18-8-3-9-19-43)44-29-26-38(27-30-44)41-25-24-35-14-10-11-17-40(35)32-41/h1-33H. The number of benzene rings is 8. The van der Waals surface area contributed by atoms with Gasteiger partial charge in [0, 0.05) is 16.9 Å². The maximum atomic E-state index is 2.37. The second-order valence-corrected chi connectivity index (χ2v) is 11.8. The zero-order valence-electron chi connectivity index (χ0n) is 26.0. The van der Waals surface area contributed by atoms with Gasteiger partial charge in [0.1, 0.15) is 0 Å². The molecule has 0 aromatic heterocycles. The molecule has 0 unspecified atom stereocenters. The Morgan fingerprint density at radius 1 is 0.255 bits per heavy atom. The molecule has 0 amide bonds. The third-order valence-electron chi connectivity index (χ3n) is 8.87. The van der Waals surface area contributed by atoms with Crippen molar-refractivity contribution >= 4 is 27.8 Å². The maximum absolute atomic E-state index is 2.37. The van der Waals surface area contributed by atoms with E-state index in [1.165, 1.54) is 55.3 Å². The van der Waals surface area contributed by atoms with E-state index in [9.17, 15) is 0 Å². The Morgan fingerprint density at radius 3 is 1.34 bits per heavy atom. The van der Waals surface area contributed by atoms with Crippen LogP contribution in [0.3, 0.4) is 0 Å². The summed E-state index contributed by atoms with van der Waals surface area (Å²) < 4.78 is 0. The fourth-order valence-corrected chi connectivity index (χ4v) is 6.42. The number of rotatable bonds is 7. The molecule has 8 aromatic carbocycles. The molecule has 0 spiro atoms. The predicted octanol–water partition coefficient (Wildman–Crippen LogP) is 13.0. The average Bonchev–Trinajstić information content (AvgIpc) is 3.16. The fraction of sp³-hybridized carbons (Fsp3) is 0. The van der Waals surface area contributed by atoms with Gasteiger partial charge < -0.3 is 4.90 Å². The predicted molar refractivity (Wildman–Crippen MR) is 200 cm³/mol. The first kappa shape index (κ1) is 28.3. The summed E-state index contributed by atoms with van der Waals surface area (Å²) >= 11 is 0. The van der Waals surface area contributed by atoms with Gasteiger partial charge in [0.05, 0.1) is 5.69 Å². The molecule has 0 aliphatic rings. The first-order chi connectivity index (χ1) is 23.3. The molecular weight excluding hydrogens is 567 g/mol. The van der Waals surface area contributed by atoms with Gasteiger partial charge in [0.2, 0.25) is 0 Å². The van der Waals surface area contributed by atoms with Crippen molar-refractivity contribution in [3.63, 3.8) is 0 Å². The van der Waals surface area contributed by atoms with E-state index in [4.69, 9.17) is 0 Å². The summed E-state index contributed by atoms with van der Waals surface area (Å²) in [4.78, 5) is 2.37. The molecule has 0 bridgehead atoms. The van der Waals surface area contributed by atoms with E-state index in [1.807, 2.05) is 0 Å². The van der Waals surface area contributed by atoms with Crippen LogP contribution in [0.4, 0.5) is 17.1 Å². The molecule has 0 atom stereocenters. The van der Waals surface area contributed by atoms with Crippen molar-refractivity contribution in [2.24, 2.45) is 0 Å². The lowest BCUT2D eigenvalue weighted by Gasteiger charge is -2.28. The van der Waals surface area contributed by atoms with Crippen LogP contribution in [0.15, 0.2) is 200 Å². The lowest BCUT2D eigenvalue weighted by Crippen LogP contribution is -2.11. The largest absolute Gasteiger partial charge is 0.310 e. The molecule has 1 nitrogen and oxygen atoms in total. The number of para-hydroxylation sites is 1. The zero-order valence-corrected chi connectivity index (χ0v) is 26.0. The summed E-state index contributed by atoms with van der Waals surface area (Å²) in [5.74, 6) is 0. The van der Waals surface area contributed by atoms with Crippen molar-refractivity contribution < 1.29 is 0 Å². The molecule has 0 heterocycles. The van der Waals surface area contributed by atoms with E-state index in [0.717, 1.165) is 17.1 Å². The van der Waals surface area contributed by atoms with Crippen LogP contribution < -0.4 is 4.90 Å². The Balaban J connectivity index is 1.22. The second-order valence-electron chi connectivity index (χ2n) is 11.8. The van der Waals surface area contributed by atoms with Crippen molar-refractivity contribution in [1.29, 1.82) is 0 Å². The van der Waals surface area contributed by atoms with Crippen LogP contribution in [0.5, 0.6) is 0 Å². The van der Waals surface area contributed by atoms with Gasteiger partial charge in [-0.05, 0) is 92.2 Å². The lowest BCUT2D eigenvalue weighted by molar-refractivity contribution is 1.28. The molecule has 0 aliphatic carbocycles. The molecule has 8 aromatic rings. The highest BCUT2D eigenvalue weighted by Gasteiger charge is 2.18. The summed E-state index contributed by atoms with van der Waals surface area (Å²) in [6, 6.07) is 71.8. The van der Waals surface area contributed by atoms with E-state index >= 15 is 0 Å². The second kappa shape index (κ2) is 12.7. The highest BCUT2D eigenvalue weighted by atomic mass is 15.1. The van der Waals surface area contributed by atoms with Crippen LogP contribution in [0.2, 0.25) is 0 Å². The molecule has 47 heavy (non-hydrogen) atoms. The minimum Gasteiger partial charge on any atom is -0.310 e. The Morgan fingerprint density at radius 2 is 0.681 bits per heavy atom. The van der Waals surface area contributed by atoms with Gasteiger partial charge in [0.15, 0.2) is 0 Å². The van der Waals surface area contributed by atoms with Crippen LogP contribution in [0, 0.1) is 0 Å². The van der Waals surface area contributed by atoms with Gasteiger partial charge >= 0.3 is 0 Å². The summed E-state index contributed by atoms with van der Waals surface area (Å²) in [7, 11) is 0. The number of fused-ring (bicyclic) bond motifs is 1. The number of hydrogen-bond acceptors (Lipinski definition) is 1. The minimum atomic E-state index is 1.11. The van der Waals surface area contributed by atoms with Crippen molar-refractivity contribution in [1.82, 2.24) is 0 Å². The van der Waals surface area contributed by atoms with Gasteiger partial charge in [-0.3, -0.25) is 0 Å². The van der Waals surface area contributed by atoms with Gasteiger partial charge in [-0.2, -0.15) is 0 Å². The average molecular weight is 600 g/mol. The third kappa shape index (κ3) is 5.83. The molecule has 8 rings (SSSR count). The lowest BCUT2D eigenvalue weighted by atomic mass is 9.95. The maximum Gasteiger partial charge on any atom is 0.0540 e. The van der Waals surface area contributed by atoms with Crippen LogP contribution in [0.1, 0.15) is 0 Å². The summed E-state index contributed by atoms with van der Waals surface area (Å²) in [6.45, 7) is 0. The zero-order chi connectivity index (χ0) is 31.4. The third-order valence-corrected chi connectivity index (χ3v) is 8.87. The molecule has 0 N–H and O–H groups in total. The van der Waals surface area contributed by atoms with Crippen molar-refractivity contribution in [3.8, 4) is 44.5 Å². The highest BCUT2D eigenvalue weighted by molar-refractivity contribution is 5.92. The topological polar surface area (TPSA) is 3.24 Å². The quantitative estimate of drug-likeness (QED) is 0.176. The number of hydrogen-bond donors (Lipinski definition) is 0. The van der Waals surface area contributed by atoms with E-state index in [2.05, 4.69) is 205 Å². The molecule has 1 heteroatoms. The summed E-state index contributed by atoms with van der Waals surface area (Å²) in [5.41, 5.74) is 13.0. The molecule has 222 valence electrons. The van der Waals surface area contributed by atoms with Crippen molar-refractivity contribution in [2.75, 3.05) is 4.90 Å². The first-order valence-corrected chi connectivity index (χ1v) is 16.1. The minimum absolute atomic E-state index is 1.11. The van der Waals surface area contributed by atoms with E-state index in [-0.39, 0.29) is 0 Å². The van der Waals surface area contributed by atoms with Crippen LogP contribution >= 0.6 is 0 Å². The Kier molecular flexibility index (Phi) is 7.63. The van der Waals surface area contributed by atoms with Gasteiger partial charge in [-0.1, -0.05) is 158 Å². The Labute approximate surface area is 276 Å². The molecule has 0 saturated heterocycles. The summed E-state index contributed by atoms with van der Waals surface area (Å²) in [5, 5.41) is 2.51. The van der Waals surface area contributed by atoms with Crippen molar-refractivity contribution in [2.45, 2.75) is 0 Å². The monoisotopic (exact) mass is 599 g/mol. The van der Waals surface area contributed by atoms with E-state index in [0.29, 0.717) is 0 Å². The van der Waals surface area contributed by atoms with Crippen LogP contribution in [0.25, 0.3) is 55.3 Å². The normalized spacial score (nSPS) is 11.0. The number of anilines is 3. The van der Waals surface area contributed by atoms with Gasteiger partial charge in [-0.15, -0.1) is 0 Å². The molecule has 0 radical (unpaired) electrons. The Hall–Kier alpha value is -6.18. The first-order valence-electron chi connectivity index (χ1n) is 16.1. The highest BCUT2D eigenvalue weighted by Crippen LogP contribution is 2.43. The van der Waals surface area contributed by atoms with E-state index < -0.39 is 0 Å². The smallest absolute Gasteiger partial charge is 0.0540 e. The van der Waals surface area contributed by atoms with Crippen molar-refractivity contribution in [3.05, 3.63) is 200 Å². The molecule has 0 saturated carbocycles. The van der Waals surface area contributed by atoms with Gasteiger partial charge in [-0.25, -0.2) is 0 Å². The molecule has 0 aliphatic heterocycles. The fourth-order valence-electron chi connectivity index (χ4n) is 6.42. The van der Waals surface area contributed by atoms with Crippen LogP contribution in [-0.2, 0) is 0 Å². The Bertz CT molecular complexity index is 2250. The van der Waals surface area contributed by atoms with Gasteiger partial charge in [0.25, 0.3) is 0 Å². The molecular formula is C46H33N. The molecule has 0 fully saturated rings. The van der Waals surface area contributed by atoms with E-state index in [1.54, 1.807) is 0 Å². The number of nitrogens with zero attached hydrogens (tertiary/aromatic N) is 1. The summed E-state index contributed by atoms with van der Waals surface area (Å²) in [6.07, 6.45) is 0. The van der Waals surface area contributed by atoms with Crippen LogP contribution in [-0.4, -0.2) is 0 Å². The SMILES string of the molecule is c1ccc(-c2ccc(-c3ccc(N(c4ccccc4)c4ccc(-c5ccc6ccccc6c5)cc4)c(-c4ccccc4)c3)cc2)cc1.